The highest BCUT2D eigenvalue weighted by atomic mass is 35.5. The van der Waals surface area contributed by atoms with Crippen molar-refractivity contribution in [2.45, 2.75) is 24.7 Å². The van der Waals surface area contributed by atoms with E-state index >= 15 is 0 Å². The second-order valence-electron chi connectivity index (χ2n) is 8.14. The first-order chi connectivity index (χ1) is 16.7. The fourth-order valence-electron chi connectivity index (χ4n) is 3.98. The van der Waals surface area contributed by atoms with Gasteiger partial charge >= 0.3 is 6.18 Å². The van der Waals surface area contributed by atoms with Crippen molar-refractivity contribution in [1.82, 2.24) is 10.3 Å². The number of pyridine rings is 1. The largest absolute Gasteiger partial charge is 0.416 e. The van der Waals surface area contributed by atoms with E-state index in [1.165, 1.54) is 18.3 Å². The molecule has 8 heteroatoms. The van der Waals surface area contributed by atoms with Gasteiger partial charge < -0.3 is 0 Å². The van der Waals surface area contributed by atoms with Gasteiger partial charge in [0.05, 0.1) is 21.8 Å². The van der Waals surface area contributed by atoms with Gasteiger partial charge in [0.25, 0.3) is 0 Å². The predicted octanol–water partition coefficient (Wildman–Crippen LogP) is 7.31. The van der Waals surface area contributed by atoms with Crippen LogP contribution in [-0.2, 0) is 24.7 Å². The smallest absolute Gasteiger partial charge is 0.298 e. The molecular formula is C27H20ClF5N2. The van der Waals surface area contributed by atoms with Gasteiger partial charge in [-0.3, -0.25) is 10.3 Å². The summed E-state index contributed by atoms with van der Waals surface area (Å²) >= 11 is 6.04. The van der Waals surface area contributed by atoms with Gasteiger partial charge in [-0.05, 0) is 59.2 Å². The van der Waals surface area contributed by atoms with Crippen LogP contribution in [0.25, 0.3) is 0 Å². The van der Waals surface area contributed by atoms with Crippen LogP contribution in [0.3, 0.4) is 0 Å². The molecule has 1 heterocycles. The van der Waals surface area contributed by atoms with Crippen LogP contribution in [0, 0.1) is 11.6 Å². The van der Waals surface area contributed by atoms with Crippen LogP contribution < -0.4 is 5.32 Å². The Bertz CT molecular complexity index is 1280. The lowest BCUT2D eigenvalue weighted by atomic mass is 9.79. The van der Waals surface area contributed by atoms with Gasteiger partial charge in [0.15, 0.2) is 0 Å². The van der Waals surface area contributed by atoms with Gasteiger partial charge in [-0.2, -0.15) is 13.2 Å². The molecule has 0 aliphatic heterocycles. The number of hydrogen-bond acceptors (Lipinski definition) is 2. The molecule has 0 amide bonds. The third-order valence-electron chi connectivity index (χ3n) is 5.70. The first kappa shape index (κ1) is 24.8. The van der Waals surface area contributed by atoms with Crippen molar-refractivity contribution in [2.75, 3.05) is 0 Å². The second-order valence-corrected chi connectivity index (χ2v) is 8.57. The zero-order valence-corrected chi connectivity index (χ0v) is 19.0. The monoisotopic (exact) mass is 502 g/mol. The molecule has 4 aromatic rings. The van der Waals surface area contributed by atoms with E-state index in [9.17, 15) is 22.0 Å². The third kappa shape index (κ3) is 5.86. The van der Waals surface area contributed by atoms with E-state index in [1.807, 2.05) is 30.3 Å². The molecule has 0 aliphatic rings. The minimum atomic E-state index is -4.75. The Morgan fingerprint density at radius 3 is 2.06 bits per heavy atom. The van der Waals surface area contributed by atoms with Crippen molar-refractivity contribution in [3.05, 3.63) is 136 Å². The van der Waals surface area contributed by atoms with Crippen molar-refractivity contribution in [3.63, 3.8) is 0 Å². The summed E-state index contributed by atoms with van der Waals surface area (Å²) in [4.78, 5) is 4.41. The molecule has 3 aromatic carbocycles. The third-order valence-corrected chi connectivity index (χ3v) is 5.93. The van der Waals surface area contributed by atoms with Crippen molar-refractivity contribution < 1.29 is 22.0 Å². The second kappa shape index (κ2) is 10.1. The number of aromatic nitrogens is 1. The number of nitrogens with one attached hydrogen (secondary N) is 1. The first-order valence-corrected chi connectivity index (χ1v) is 11.1. The zero-order valence-electron chi connectivity index (χ0n) is 18.3. The van der Waals surface area contributed by atoms with Gasteiger partial charge in [-0.25, -0.2) is 8.78 Å². The van der Waals surface area contributed by atoms with Crippen LogP contribution in [0.2, 0.25) is 5.02 Å². The highest BCUT2D eigenvalue weighted by Gasteiger charge is 2.39. The van der Waals surface area contributed by atoms with Gasteiger partial charge in [-0.1, -0.05) is 54.1 Å². The molecular weight excluding hydrogens is 483 g/mol. The summed E-state index contributed by atoms with van der Waals surface area (Å²) < 4.78 is 69.0. The molecule has 4 rings (SSSR count). The number of benzene rings is 3. The van der Waals surface area contributed by atoms with Crippen LogP contribution in [-0.4, -0.2) is 4.98 Å². The Kier molecular flexibility index (Phi) is 7.19. The van der Waals surface area contributed by atoms with Crippen molar-refractivity contribution in [2.24, 2.45) is 0 Å². The minimum absolute atomic E-state index is 0.0469. The maximum atomic E-state index is 14.6. The van der Waals surface area contributed by atoms with E-state index in [0.29, 0.717) is 22.3 Å². The molecule has 0 spiro atoms. The van der Waals surface area contributed by atoms with E-state index in [1.54, 1.807) is 24.3 Å². The normalized spacial score (nSPS) is 13.4. The Balaban J connectivity index is 1.92. The summed E-state index contributed by atoms with van der Waals surface area (Å²) in [6.45, 7) is 0.148. The van der Waals surface area contributed by atoms with Gasteiger partial charge in [0.2, 0.25) is 0 Å². The summed E-state index contributed by atoms with van der Waals surface area (Å²) in [6.07, 6.45) is -3.20. The molecule has 0 fully saturated rings. The average Bonchev–Trinajstić information content (AvgIpc) is 2.83. The molecule has 35 heavy (non-hydrogen) atoms. The first-order valence-electron chi connectivity index (χ1n) is 10.7. The Morgan fingerprint density at radius 2 is 1.43 bits per heavy atom. The maximum absolute atomic E-state index is 14.6. The average molecular weight is 503 g/mol. The van der Waals surface area contributed by atoms with Crippen LogP contribution in [0.15, 0.2) is 91.1 Å². The van der Waals surface area contributed by atoms with Crippen LogP contribution in [0.4, 0.5) is 22.0 Å². The fraction of sp³-hybridized carbons (Fsp3) is 0.148. The number of halogens is 6. The lowest BCUT2D eigenvalue weighted by Gasteiger charge is -2.36. The molecule has 0 radical (unpaired) electrons. The Morgan fingerprint density at radius 1 is 0.743 bits per heavy atom. The minimum Gasteiger partial charge on any atom is -0.298 e. The number of hydrogen-bond donors (Lipinski definition) is 1. The van der Waals surface area contributed by atoms with E-state index in [2.05, 4.69) is 10.3 Å². The molecule has 0 aliphatic carbocycles. The summed E-state index contributed by atoms with van der Waals surface area (Å²) in [6, 6.07) is 20.5. The molecule has 2 nitrogen and oxygen atoms in total. The summed E-state index contributed by atoms with van der Waals surface area (Å²) in [5, 5.41) is 3.66. The summed E-state index contributed by atoms with van der Waals surface area (Å²) in [7, 11) is 0. The van der Waals surface area contributed by atoms with Crippen LogP contribution >= 0.6 is 11.6 Å². The van der Waals surface area contributed by atoms with Gasteiger partial charge in [0.1, 0.15) is 11.6 Å². The van der Waals surface area contributed by atoms with Crippen molar-refractivity contribution >= 4 is 11.6 Å². The molecule has 1 atom stereocenters. The fourth-order valence-corrected chi connectivity index (χ4v) is 4.09. The lowest BCUT2D eigenvalue weighted by Crippen LogP contribution is -2.46. The zero-order chi connectivity index (χ0) is 25.1. The Hall–Kier alpha value is -3.29. The topological polar surface area (TPSA) is 24.9 Å². The molecule has 1 N–H and O–H groups in total. The van der Waals surface area contributed by atoms with Crippen LogP contribution in [0.1, 0.15) is 27.9 Å². The molecule has 180 valence electrons. The molecule has 0 bridgehead atoms. The van der Waals surface area contributed by atoms with E-state index < -0.39 is 28.9 Å². The van der Waals surface area contributed by atoms with Crippen molar-refractivity contribution in [3.8, 4) is 0 Å². The van der Waals surface area contributed by atoms with E-state index in [0.717, 1.165) is 17.7 Å². The van der Waals surface area contributed by atoms with E-state index in [-0.39, 0.29) is 18.5 Å². The van der Waals surface area contributed by atoms with Crippen molar-refractivity contribution in [1.29, 1.82) is 0 Å². The van der Waals surface area contributed by atoms with Crippen LogP contribution in [0.5, 0.6) is 0 Å². The predicted molar refractivity (Wildman–Crippen MR) is 125 cm³/mol. The highest BCUT2D eigenvalue weighted by Crippen LogP contribution is 2.38. The summed E-state index contributed by atoms with van der Waals surface area (Å²) in [5.74, 6) is -1.44. The quantitative estimate of drug-likeness (QED) is 0.268. The molecule has 0 saturated heterocycles. The van der Waals surface area contributed by atoms with E-state index in [4.69, 9.17) is 11.6 Å². The molecule has 1 aromatic heterocycles. The summed E-state index contributed by atoms with van der Waals surface area (Å²) in [5.41, 5.74) is -0.610. The SMILES string of the molecule is Fc1ccc(CNC(Cc2ccccc2)(c2cc(F)cc(C(F)(F)F)c2)c2ccc(Cl)cn2)cc1. The standard InChI is InChI=1S/C27H20ClF5N2/c28-22-8-11-25(34-17-22)26(15-18-4-2-1-3-5-18,35-16-19-6-9-23(29)10-7-19)20-12-21(27(31,32)33)14-24(30)13-20/h1-14,17,35H,15-16H2. The number of rotatable bonds is 7. The van der Waals surface area contributed by atoms with Gasteiger partial charge in [-0.15, -0.1) is 0 Å². The molecule has 0 saturated carbocycles. The number of nitrogens with zero attached hydrogens (tertiary/aromatic N) is 1. The van der Waals surface area contributed by atoms with Gasteiger partial charge in [0, 0.05) is 19.2 Å². The highest BCUT2D eigenvalue weighted by molar-refractivity contribution is 6.30. The lowest BCUT2D eigenvalue weighted by molar-refractivity contribution is -0.137. The number of alkyl halides is 3. The Labute approximate surface area is 204 Å². The molecule has 1 unspecified atom stereocenters. The maximum Gasteiger partial charge on any atom is 0.416 e.